The van der Waals surface area contributed by atoms with Crippen LogP contribution < -0.4 is 10.1 Å². The lowest BCUT2D eigenvalue weighted by molar-refractivity contribution is -0.155. The molecule has 210 valence electrons. The molecular weight excluding hydrogens is 508 g/mol. The first-order valence-electron chi connectivity index (χ1n) is 13.3. The molecule has 1 aliphatic carbocycles. The number of aliphatic carboxylic acids is 1. The highest BCUT2D eigenvalue weighted by molar-refractivity contribution is 6.03. The van der Waals surface area contributed by atoms with E-state index in [1.807, 2.05) is 24.3 Å². The van der Waals surface area contributed by atoms with E-state index in [-0.39, 0.29) is 42.9 Å². The number of aryl methyl sites for hydroxylation is 1. The number of carbonyl (C=O) groups is 3. The van der Waals surface area contributed by atoms with Gasteiger partial charge in [-0.25, -0.2) is 4.98 Å². The van der Waals surface area contributed by atoms with Crippen molar-refractivity contribution in [2.45, 2.75) is 77.2 Å². The highest BCUT2D eigenvalue weighted by atomic mass is 19.3. The van der Waals surface area contributed by atoms with Gasteiger partial charge in [0.15, 0.2) is 0 Å². The molecule has 1 saturated heterocycles. The number of nitrogens with one attached hydrogen (secondary N) is 1. The summed E-state index contributed by atoms with van der Waals surface area (Å²) in [5.74, 6) is -2.02. The van der Waals surface area contributed by atoms with Gasteiger partial charge in [-0.1, -0.05) is 43.5 Å². The van der Waals surface area contributed by atoms with Crippen LogP contribution in [-0.4, -0.2) is 52.5 Å². The van der Waals surface area contributed by atoms with E-state index in [1.54, 1.807) is 13.0 Å². The zero-order chi connectivity index (χ0) is 28.4. The Morgan fingerprint density at radius 2 is 1.79 bits per heavy atom. The fourth-order valence-electron chi connectivity index (χ4n) is 5.53. The van der Waals surface area contributed by atoms with Gasteiger partial charge in [0.2, 0.25) is 17.7 Å². The number of benzene rings is 1. The molecule has 2 aromatic rings. The summed E-state index contributed by atoms with van der Waals surface area (Å²) in [6.45, 7) is 1.56. The minimum atomic E-state index is -3.12. The van der Waals surface area contributed by atoms with Gasteiger partial charge in [-0.05, 0) is 62.8 Å². The number of carboxylic acids is 1. The van der Waals surface area contributed by atoms with E-state index in [2.05, 4.69) is 15.0 Å². The number of rotatable bonds is 9. The second-order valence-corrected chi connectivity index (χ2v) is 11.3. The normalized spacial score (nSPS) is 17.4. The molecule has 1 aliphatic heterocycles. The summed E-state index contributed by atoms with van der Waals surface area (Å²) >= 11 is 0. The average molecular weight is 544 g/mol. The van der Waals surface area contributed by atoms with E-state index >= 15 is 0 Å². The van der Waals surface area contributed by atoms with E-state index in [9.17, 15) is 28.3 Å². The third kappa shape index (κ3) is 6.04. The number of amides is 2. The molecule has 2 amide bonds. The molecule has 0 atom stereocenters. The van der Waals surface area contributed by atoms with Crippen molar-refractivity contribution in [1.82, 2.24) is 9.88 Å². The van der Waals surface area contributed by atoms with Crippen LogP contribution in [0.15, 0.2) is 36.4 Å². The summed E-state index contributed by atoms with van der Waals surface area (Å²) in [6.07, 6.45) is 5.14. The number of ether oxygens (including phenoxy) is 1. The molecule has 1 aromatic heterocycles. The minimum Gasteiger partial charge on any atom is -0.481 e. The van der Waals surface area contributed by atoms with Gasteiger partial charge in [-0.3, -0.25) is 14.4 Å². The van der Waals surface area contributed by atoms with Gasteiger partial charge in [0.1, 0.15) is 11.1 Å². The predicted molar refractivity (Wildman–Crippen MR) is 141 cm³/mol. The molecule has 2 N–H and O–H groups in total. The lowest BCUT2D eigenvalue weighted by atomic mass is 9.67. The summed E-state index contributed by atoms with van der Waals surface area (Å²) in [5.41, 5.74) is -0.0973. The lowest BCUT2D eigenvalue weighted by Crippen LogP contribution is -2.67. The van der Waals surface area contributed by atoms with Crippen LogP contribution in [0.1, 0.15) is 75.1 Å². The SMILES string of the molecule is Cc1ccc(NC(=O)C2(c3ccccc3C3CCCCC3)CN(C(=O)CC(C)(C)C(=O)O)C2)c(OC(F)F)n1. The van der Waals surface area contributed by atoms with Crippen LogP contribution in [0.4, 0.5) is 14.5 Å². The molecule has 0 bridgehead atoms. The van der Waals surface area contributed by atoms with E-state index in [0.29, 0.717) is 5.69 Å². The van der Waals surface area contributed by atoms with Crippen LogP contribution in [0.3, 0.4) is 0 Å². The van der Waals surface area contributed by atoms with Crippen LogP contribution in [0, 0.1) is 12.3 Å². The van der Waals surface area contributed by atoms with Crippen molar-refractivity contribution in [2.75, 3.05) is 18.4 Å². The zero-order valence-corrected chi connectivity index (χ0v) is 22.5. The standard InChI is InChI=1S/C29H35F2N3O5/c1-18-13-14-22(24(32-18)39-27(30)31)33-25(36)29(16-34(17-29)23(35)15-28(2,3)26(37)38)21-12-8-7-11-20(21)19-9-5-4-6-10-19/h7-8,11-14,19,27H,4-6,9-10,15-17H2,1-3H3,(H,33,36)(H,37,38). The van der Waals surface area contributed by atoms with Crippen molar-refractivity contribution in [2.24, 2.45) is 5.41 Å². The molecule has 2 heterocycles. The number of pyridine rings is 1. The van der Waals surface area contributed by atoms with Crippen molar-refractivity contribution < 1.29 is 33.0 Å². The number of carbonyl (C=O) groups excluding carboxylic acids is 2. The maximum Gasteiger partial charge on any atom is 0.388 e. The van der Waals surface area contributed by atoms with Gasteiger partial charge in [-0.15, -0.1) is 0 Å². The van der Waals surface area contributed by atoms with Crippen molar-refractivity contribution in [1.29, 1.82) is 0 Å². The van der Waals surface area contributed by atoms with Gasteiger partial charge in [0, 0.05) is 25.2 Å². The number of aromatic nitrogens is 1. The van der Waals surface area contributed by atoms with Crippen molar-refractivity contribution in [3.05, 3.63) is 53.2 Å². The Hall–Kier alpha value is -3.56. The predicted octanol–water partition coefficient (Wildman–Crippen LogP) is 5.26. The topological polar surface area (TPSA) is 109 Å². The Morgan fingerprint density at radius 3 is 2.44 bits per heavy atom. The number of nitrogens with zero attached hydrogens (tertiary/aromatic N) is 2. The average Bonchev–Trinajstić information content (AvgIpc) is 2.85. The second kappa shape index (κ2) is 11.3. The second-order valence-electron chi connectivity index (χ2n) is 11.3. The monoisotopic (exact) mass is 543 g/mol. The summed E-state index contributed by atoms with van der Waals surface area (Å²) in [4.78, 5) is 44.2. The molecular formula is C29H35F2N3O5. The Kier molecular flexibility index (Phi) is 8.23. The van der Waals surface area contributed by atoms with Crippen LogP contribution in [-0.2, 0) is 19.8 Å². The zero-order valence-electron chi connectivity index (χ0n) is 22.5. The molecule has 2 aliphatic rings. The first-order chi connectivity index (χ1) is 18.4. The molecule has 4 rings (SSSR count). The quantitative estimate of drug-likeness (QED) is 0.447. The van der Waals surface area contributed by atoms with E-state index in [4.69, 9.17) is 0 Å². The fourth-order valence-corrected chi connectivity index (χ4v) is 5.53. The summed E-state index contributed by atoms with van der Waals surface area (Å²) in [5, 5.41) is 12.2. The van der Waals surface area contributed by atoms with Crippen molar-refractivity contribution >= 4 is 23.5 Å². The number of hydrogen-bond acceptors (Lipinski definition) is 5. The Morgan fingerprint density at radius 1 is 1.13 bits per heavy atom. The minimum absolute atomic E-state index is 0.0113. The van der Waals surface area contributed by atoms with Gasteiger partial charge >= 0.3 is 12.6 Å². The molecule has 1 saturated carbocycles. The summed E-state index contributed by atoms with van der Waals surface area (Å²) in [6, 6.07) is 10.8. The maximum atomic E-state index is 14.0. The number of hydrogen-bond donors (Lipinski definition) is 2. The smallest absolute Gasteiger partial charge is 0.388 e. The molecule has 0 spiro atoms. The molecule has 39 heavy (non-hydrogen) atoms. The number of likely N-dealkylation sites (tertiary alicyclic amines) is 1. The van der Waals surface area contributed by atoms with Crippen LogP contribution in [0.2, 0.25) is 0 Å². The maximum absolute atomic E-state index is 14.0. The van der Waals surface area contributed by atoms with Crippen molar-refractivity contribution in [3.63, 3.8) is 0 Å². The third-order valence-corrected chi connectivity index (χ3v) is 7.85. The first-order valence-corrected chi connectivity index (χ1v) is 13.3. The molecule has 0 unspecified atom stereocenters. The Bertz CT molecular complexity index is 1240. The Labute approximate surface area is 226 Å². The highest BCUT2D eigenvalue weighted by Crippen LogP contribution is 2.44. The van der Waals surface area contributed by atoms with Crippen LogP contribution in [0.5, 0.6) is 5.88 Å². The molecule has 10 heteroatoms. The van der Waals surface area contributed by atoms with Crippen molar-refractivity contribution in [3.8, 4) is 5.88 Å². The molecule has 0 radical (unpaired) electrons. The van der Waals surface area contributed by atoms with Gasteiger partial charge in [-0.2, -0.15) is 8.78 Å². The van der Waals surface area contributed by atoms with E-state index in [1.165, 1.54) is 31.2 Å². The summed E-state index contributed by atoms with van der Waals surface area (Å²) in [7, 11) is 0. The number of alkyl halides is 2. The highest BCUT2D eigenvalue weighted by Gasteiger charge is 2.54. The van der Waals surface area contributed by atoms with Crippen LogP contribution >= 0.6 is 0 Å². The molecule has 8 nitrogen and oxygen atoms in total. The largest absolute Gasteiger partial charge is 0.481 e. The molecule has 1 aromatic carbocycles. The number of anilines is 1. The molecule has 2 fully saturated rings. The van der Waals surface area contributed by atoms with E-state index in [0.717, 1.165) is 36.8 Å². The lowest BCUT2D eigenvalue weighted by Gasteiger charge is -2.50. The van der Waals surface area contributed by atoms with Gasteiger partial charge in [0.05, 0.1) is 5.41 Å². The van der Waals surface area contributed by atoms with Gasteiger partial charge in [0.25, 0.3) is 0 Å². The van der Waals surface area contributed by atoms with Gasteiger partial charge < -0.3 is 20.1 Å². The third-order valence-electron chi connectivity index (χ3n) is 7.85. The number of carboxylic acid groups (broad SMARTS) is 1. The van der Waals surface area contributed by atoms with E-state index < -0.39 is 29.3 Å². The Balaban J connectivity index is 1.68. The van der Waals surface area contributed by atoms with Crippen LogP contribution in [0.25, 0.3) is 0 Å². The number of halogens is 2. The first kappa shape index (κ1) is 28.4. The fraction of sp³-hybridized carbons (Fsp3) is 0.517. The summed E-state index contributed by atoms with van der Waals surface area (Å²) < 4.78 is 30.7.